The molecule has 0 aliphatic carbocycles. The first-order chi connectivity index (χ1) is 12.3. The molecule has 136 valence electrons. The molecule has 1 amide bonds. The fraction of sp³-hybridized carbons (Fsp3) is 0.286. The molecule has 0 aliphatic heterocycles. The van der Waals surface area contributed by atoms with E-state index in [9.17, 15) is 14.4 Å². The van der Waals surface area contributed by atoms with Crippen LogP contribution in [0.15, 0.2) is 42.5 Å². The normalized spacial score (nSPS) is 11.5. The molecule has 1 unspecified atom stereocenters. The number of ketones is 1. The summed E-state index contributed by atoms with van der Waals surface area (Å²) in [7, 11) is 0. The lowest BCUT2D eigenvalue weighted by atomic mass is 10.0. The number of ether oxygens (including phenoxy) is 1. The molecule has 1 atom stereocenters. The molecule has 2 aromatic carbocycles. The van der Waals surface area contributed by atoms with E-state index in [0.717, 1.165) is 16.7 Å². The van der Waals surface area contributed by atoms with Crippen LogP contribution in [0.4, 0.5) is 0 Å². The number of hydrogen-bond acceptors (Lipinski definition) is 4. The molecule has 0 bridgehead atoms. The molecule has 5 nitrogen and oxygen atoms in total. The summed E-state index contributed by atoms with van der Waals surface area (Å²) in [5.74, 6) is -1.28. The zero-order valence-electron chi connectivity index (χ0n) is 15.5. The van der Waals surface area contributed by atoms with Crippen molar-refractivity contribution in [3.8, 4) is 0 Å². The Labute approximate surface area is 153 Å². The van der Waals surface area contributed by atoms with E-state index in [-0.39, 0.29) is 18.2 Å². The van der Waals surface area contributed by atoms with Crippen molar-refractivity contribution in [3.63, 3.8) is 0 Å². The van der Waals surface area contributed by atoms with Crippen LogP contribution in [0.2, 0.25) is 0 Å². The fourth-order valence-electron chi connectivity index (χ4n) is 2.50. The van der Waals surface area contributed by atoms with Gasteiger partial charge in [0.25, 0.3) is 5.91 Å². The molecule has 0 saturated carbocycles. The van der Waals surface area contributed by atoms with Gasteiger partial charge in [-0.25, -0.2) is 0 Å². The number of carbonyl (C=O) groups excluding carboxylic acids is 3. The Bertz CT molecular complexity index is 842. The fourth-order valence-corrected chi connectivity index (χ4v) is 2.50. The van der Waals surface area contributed by atoms with Gasteiger partial charge in [-0.1, -0.05) is 30.3 Å². The highest BCUT2D eigenvalue weighted by Crippen LogP contribution is 2.13. The number of aryl methyl sites for hydroxylation is 3. The van der Waals surface area contributed by atoms with Gasteiger partial charge >= 0.3 is 5.97 Å². The van der Waals surface area contributed by atoms with Crippen LogP contribution >= 0.6 is 0 Å². The predicted molar refractivity (Wildman–Crippen MR) is 99.3 cm³/mol. The van der Waals surface area contributed by atoms with E-state index in [1.165, 1.54) is 6.92 Å². The van der Waals surface area contributed by atoms with E-state index >= 15 is 0 Å². The number of rotatable bonds is 6. The largest absolute Gasteiger partial charge is 0.453 e. The van der Waals surface area contributed by atoms with Crippen LogP contribution in [0.1, 0.15) is 44.3 Å². The third kappa shape index (κ3) is 4.79. The van der Waals surface area contributed by atoms with Crippen molar-refractivity contribution in [3.05, 3.63) is 70.3 Å². The van der Waals surface area contributed by atoms with Gasteiger partial charge in [0, 0.05) is 11.1 Å². The molecule has 0 aliphatic rings. The topological polar surface area (TPSA) is 72.5 Å². The average molecular weight is 353 g/mol. The van der Waals surface area contributed by atoms with E-state index in [1.54, 1.807) is 24.3 Å². The number of hydrogen-bond donors (Lipinski definition) is 1. The molecular formula is C21H23NO4. The second kappa shape index (κ2) is 8.43. The Morgan fingerprint density at radius 2 is 1.65 bits per heavy atom. The Morgan fingerprint density at radius 1 is 0.962 bits per heavy atom. The zero-order valence-corrected chi connectivity index (χ0v) is 15.5. The maximum Gasteiger partial charge on any atom is 0.326 e. The SMILES string of the molecule is Cc1ccc(C(=O)C(C)OC(=O)CNC(=O)c2ccccc2C)cc1C. The van der Waals surface area contributed by atoms with Crippen LogP contribution in [-0.2, 0) is 9.53 Å². The molecule has 2 rings (SSSR count). The van der Waals surface area contributed by atoms with Crippen LogP contribution in [-0.4, -0.2) is 30.3 Å². The molecule has 0 spiro atoms. The van der Waals surface area contributed by atoms with Gasteiger partial charge in [-0.15, -0.1) is 0 Å². The number of carbonyl (C=O) groups is 3. The molecule has 26 heavy (non-hydrogen) atoms. The second-order valence-electron chi connectivity index (χ2n) is 6.29. The predicted octanol–water partition coefficient (Wildman–Crippen LogP) is 3.16. The second-order valence-corrected chi connectivity index (χ2v) is 6.29. The standard InChI is InChI=1S/C21H23NO4/c1-13-9-10-17(11-15(13)3)20(24)16(4)26-19(23)12-22-21(25)18-8-6-5-7-14(18)2/h5-11,16H,12H2,1-4H3,(H,22,25). The number of Topliss-reactive ketones (excluding diaryl/α,β-unsaturated/α-hetero) is 1. The van der Waals surface area contributed by atoms with Gasteiger partial charge in [0.15, 0.2) is 6.10 Å². The maximum absolute atomic E-state index is 12.4. The molecule has 5 heteroatoms. The van der Waals surface area contributed by atoms with Gasteiger partial charge < -0.3 is 10.1 Å². The van der Waals surface area contributed by atoms with Crippen LogP contribution in [0.5, 0.6) is 0 Å². The lowest BCUT2D eigenvalue weighted by Gasteiger charge is -2.14. The summed E-state index contributed by atoms with van der Waals surface area (Å²) in [5, 5.41) is 2.52. The highest BCUT2D eigenvalue weighted by molar-refractivity contribution is 6.01. The summed E-state index contributed by atoms with van der Waals surface area (Å²) in [6.07, 6.45) is -0.917. The average Bonchev–Trinajstić information content (AvgIpc) is 2.61. The smallest absolute Gasteiger partial charge is 0.326 e. The molecule has 0 heterocycles. The van der Waals surface area contributed by atoms with Gasteiger partial charge in [0.2, 0.25) is 5.78 Å². The van der Waals surface area contributed by atoms with Crippen molar-refractivity contribution in [2.24, 2.45) is 0 Å². The third-order valence-corrected chi connectivity index (χ3v) is 4.25. The minimum absolute atomic E-state index is 0.272. The molecule has 0 saturated heterocycles. The Kier molecular flexibility index (Phi) is 6.28. The van der Waals surface area contributed by atoms with Crippen molar-refractivity contribution < 1.29 is 19.1 Å². The summed E-state index contributed by atoms with van der Waals surface area (Å²) < 4.78 is 5.15. The molecule has 0 fully saturated rings. The minimum Gasteiger partial charge on any atom is -0.453 e. The van der Waals surface area contributed by atoms with Crippen LogP contribution in [0.3, 0.4) is 0 Å². The zero-order chi connectivity index (χ0) is 19.3. The summed E-state index contributed by atoms with van der Waals surface area (Å²) in [5.41, 5.74) is 3.90. The maximum atomic E-state index is 12.4. The van der Waals surface area contributed by atoms with Crippen LogP contribution < -0.4 is 5.32 Å². The molecule has 1 N–H and O–H groups in total. The molecule has 0 aromatic heterocycles. The summed E-state index contributed by atoms with van der Waals surface area (Å²) in [6, 6.07) is 12.4. The van der Waals surface area contributed by atoms with Crippen molar-refractivity contribution in [1.82, 2.24) is 5.32 Å². The number of benzene rings is 2. The summed E-state index contributed by atoms with van der Waals surface area (Å²) in [4.78, 5) is 36.4. The van der Waals surface area contributed by atoms with Gasteiger partial charge in [0.05, 0.1) is 0 Å². The van der Waals surface area contributed by atoms with Crippen LogP contribution in [0, 0.1) is 20.8 Å². The van der Waals surface area contributed by atoms with E-state index in [4.69, 9.17) is 4.74 Å². The third-order valence-electron chi connectivity index (χ3n) is 4.25. The van der Waals surface area contributed by atoms with E-state index in [1.807, 2.05) is 39.0 Å². The van der Waals surface area contributed by atoms with Crippen molar-refractivity contribution in [1.29, 1.82) is 0 Å². The van der Waals surface area contributed by atoms with Gasteiger partial charge in [0.1, 0.15) is 6.54 Å². The van der Waals surface area contributed by atoms with Gasteiger partial charge in [-0.2, -0.15) is 0 Å². The lowest BCUT2D eigenvalue weighted by Crippen LogP contribution is -2.34. The minimum atomic E-state index is -0.917. The number of nitrogens with one attached hydrogen (secondary N) is 1. The molecule has 2 aromatic rings. The quantitative estimate of drug-likeness (QED) is 0.640. The summed E-state index contributed by atoms with van der Waals surface area (Å²) in [6.45, 7) is 6.93. The number of esters is 1. The first-order valence-electron chi connectivity index (χ1n) is 8.44. The van der Waals surface area contributed by atoms with Crippen molar-refractivity contribution >= 4 is 17.7 Å². The number of amides is 1. The highest BCUT2D eigenvalue weighted by Gasteiger charge is 2.20. The lowest BCUT2D eigenvalue weighted by molar-refractivity contribution is -0.145. The van der Waals surface area contributed by atoms with Gasteiger partial charge in [-0.3, -0.25) is 14.4 Å². The first kappa shape index (κ1) is 19.4. The molecular weight excluding hydrogens is 330 g/mol. The molecule has 0 radical (unpaired) electrons. The van der Waals surface area contributed by atoms with E-state index in [2.05, 4.69) is 5.32 Å². The highest BCUT2D eigenvalue weighted by atomic mass is 16.5. The Balaban J connectivity index is 1.90. The van der Waals surface area contributed by atoms with E-state index < -0.39 is 12.1 Å². The van der Waals surface area contributed by atoms with Crippen molar-refractivity contribution in [2.75, 3.05) is 6.54 Å². The van der Waals surface area contributed by atoms with Crippen molar-refractivity contribution in [2.45, 2.75) is 33.8 Å². The summed E-state index contributed by atoms with van der Waals surface area (Å²) >= 11 is 0. The monoisotopic (exact) mass is 353 g/mol. The Morgan fingerprint density at radius 3 is 2.31 bits per heavy atom. The van der Waals surface area contributed by atoms with E-state index in [0.29, 0.717) is 11.1 Å². The van der Waals surface area contributed by atoms with Gasteiger partial charge in [-0.05, 0) is 56.5 Å². The van der Waals surface area contributed by atoms with Crippen LogP contribution in [0.25, 0.3) is 0 Å². The first-order valence-corrected chi connectivity index (χ1v) is 8.44. The Hall–Kier alpha value is -2.95.